The van der Waals surface area contributed by atoms with E-state index < -0.39 is 0 Å². The molecule has 0 aromatic heterocycles. The molecule has 0 unspecified atom stereocenters. The first-order valence-corrected chi connectivity index (χ1v) is 10.7. The van der Waals surface area contributed by atoms with Gasteiger partial charge in [0.1, 0.15) is 11.4 Å². The number of aryl methyl sites for hydroxylation is 1. The summed E-state index contributed by atoms with van der Waals surface area (Å²) in [6.45, 7) is 6.19. The van der Waals surface area contributed by atoms with Crippen molar-refractivity contribution in [2.24, 2.45) is 0 Å². The summed E-state index contributed by atoms with van der Waals surface area (Å²) < 4.78 is 6.10. The standard InChI is InChI=1S/C22H26ClNO2S/c1-15-6-11-18-19(14-22(2,3)26-20(18)13-15)24-21(25)5-4-12-27-17-9-7-16(23)8-10-17/h6-11,13,19H,4-5,12,14H2,1-3H3,(H,24,25)/t19-/m0/s1. The molecule has 0 spiro atoms. The van der Waals surface area contributed by atoms with Crippen molar-refractivity contribution in [1.29, 1.82) is 0 Å². The smallest absolute Gasteiger partial charge is 0.220 e. The lowest BCUT2D eigenvalue weighted by molar-refractivity contribution is -0.122. The van der Waals surface area contributed by atoms with Crippen molar-refractivity contribution in [2.45, 2.75) is 56.6 Å². The summed E-state index contributed by atoms with van der Waals surface area (Å²) in [5.41, 5.74) is 1.95. The number of carbonyl (C=O) groups excluding carboxylic acids is 1. The first-order chi connectivity index (χ1) is 12.8. The van der Waals surface area contributed by atoms with Gasteiger partial charge in [0, 0.05) is 28.3 Å². The molecule has 1 N–H and O–H groups in total. The van der Waals surface area contributed by atoms with Gasteiger partial charge in [0.2, 0.25) is 5.91 Å². The van der Waals surface area contributed by atoms with E-state index in [0.29, 0.717) is 6.42 Å². The zero-order valence-corrected chi connectivity index (χ0v) is 17.6. The number of fused-ring (bicyclic) bond motifs is 1. The van der Waals surface area contributed by atoms with Crippen LogP contribution in [0.4, 0.5) is 0 Å². The number of hydrogen-bond acceptors (Lipinski definition) is 3. The van der Waals surface area contributed by atoms with Crippen LogP contribution in [0.1, 0.15) is 50.3 Å². The van der Waals surface area contributed by atoms with Crippen LogP contribution in [-0.2, 0) is 4.79 Å². The van der Waals surface area contributed by atoms with Crippen molar-refractivity contribution in [2.75, 3.05) is 5.75 Å². The summed E-state index contributed by atoms with van der Waals surface area (Å²) >= 11 is 7.65. The number of carbonyl (C=O) groups is 1. The maximum Gasteiger partial charge on any atom is 0.220 e. The van der Waals surface area contributed by atoms with Crippen LogP contribution in [0, 0.1) is 6.92 Å². The number of ether oxygens (including phenoxy) is 1. The highest BCUT2D eigenvalue weighted by atomic mass is 35.5. The molecule has 27 heavy (non-hydrogen) atoms. The Bertz CT molecular complexity index is 804. The molecule has 5 heteroatoms. The number of thioether (sulfide) groups is 1. The second-order valence-corrected chi connectivity index (χ2v) is 9.24. The Kier molecular flexibility index (Phi) is 6.38. The Morgan fingerprint density at radius 1 is 1.26 bits per heavy atom. The molecule has 3 nitrogen and oxygen atoms in total. The minimum atomic E-state index is -0.289. The summed E-state index contributed by atoms with van der Waals surface area (Å²) in [4.78, 5) is 13.7. The van der Waals surface area contributed by atoms with Gasteiger partial charge in [-0.2, -0.15) is 0 Å². The van der Waals surface area contributed by atoms with Gasteiger partial charge in [0.05, 0.1) is 6.04 Å². The van der Waals surface area contributed by atoms with Gasteiger partial charge in [0.25, 0.3) is 0 Å². The molecule has 0 radical (unpaired) electrons. The number of amides is 1. The fourth-order valence-corrected chi connectivity index (χ4v) is 4.29. The molecule has 2 aromatic carbocycles. The van der Waals surface area contributed by atoms with Crippen molar-refractivity contribution in [3.63, 3.8) is 0 Å². The highest BCUT2D eigenvalue weighted by Crippen LogP contribution is 2.39. The van der Waals surface area contributed by atoms with Crippen LogP contribution in [0.5, 0.6) is 5.75 Å². The Labute approximate surface area is 170 Å². The molecule has 1 aliphatic heterocycles. The second-order valence-electron chi connectivity index (χ2n) is 7.63. The molecule has 144 valence electrons. The average Bonchev–Trinajstić information content (AvgIpc) is 2.59. The van der Waals surface area contributed by atoms with Crippen LogP contribution in [0.2, 0.25) is 5.02 Å². The summed E-state index contributed by atoms with van der Waals surface area (Å²) in [5.74, 6) is 1.89. The second kappa shape index (κ2) is 8.57. The first kappa shape index (κ1) is 20.1. The summed E-state index contributed by atoms with van der Waals surface area (Å²) in [7, 11) is 0. The Morgan fingerprint density at radius 2 is 2.00 bits per heavy atom. The summed E-state index contributed by atoms with van der Waals surface area (Å²) in [6, 6.07) is 14.0. The van der Waals surface area contributed by atoms with Crippen LogP contribution in [0.25, 0.3) is 0 Å². The quantitative estimate of drug-likeness (QED) is 0.479. The van der Waals surface area contributed by atoms with Gasteiger partial charge in [-0.05, 0) is 68.8 Å². The van der Waals surface area contributed by atoms with Crippen molar-refractivity contribution < 1.29 is 9.53 Å². The minimum Gasteiger partial charge on any atom is -0.487 e. The average molecular weight is 404 g/mol. The Morgan fingerprint density at radius 3 is 2.74 bits per heavy atom. The number of rotatable bonds is 6. The largest absolute Gasteiger partial charge is 0.487 e. The molecule has 1 heterocycles. The first-order valence-electron chi connectivity index (χ1n) is 9.30. The molecule has 0 saturated heterocycles. The van der Waals surface area contributed by atoms with Crippen LogP contribution in [0.15, 0.2) is 47.4 Å². The SMILES string of the molecule is Cc1ccc2c(c1)OC(C)(C)C[C@@H]2NC(=O)CCCSc1ccc(Cl)cc1. The van der Waals surface area contributed by atoms with E-state index in [4.69, 9.17) is 16.3 Å². The third-order valence-corrected chi connectivity index (χ3v) is 5.94. The van der Waals surface area contributed by atoms with E-state index in [1.807, 2.05) is 24.3 Å². The van der Waals surface area contributed by atoms with Gasteiger partial charge in [-0.15, -0.1) is 11.8 Å². The monoisotopic (exact) mass is 403 g/mol. The topological polar surface area (TPSA) is 38.3 Å². The fourth-order valence-electron chi connectivity index (χ4n) is 3.31. The van der Waals surface area contributed by atoms with Gasteiger partial charge in [-0.25, -0.2) is 0 Å². The Hall–Kier alpha value is -1.65. The predicted octanol–water partition coefficient (Wildman–Crippen LogP) is 5.94. The molecule has 1 amide bonds. The van der Waals surface area contributed by atoms with Gasteiger partial charge in [-0.3, -0.25) is 4.79 Å². The zero-order chi connectivity index (χ0) is 19.4. The van der Waals surface area contributed by atoms with Crippen LogP contribution < -0.4 is 10.1 Å². The third-order valence-electron chi connectivity index (χ3n) is 4.59. The fraction of sp³-hybridized carbons (Fsp3) is 0.409. The molecule has 2 aromatic rings. The number of hydrogen-bond donors (Lipinski definition) is 1. The van der Waals surface area contributed by atoms with Crippen LogP contribution >= 0.6 is 23.4 Å². The molecular weight excluding hydrogens is 378 g/mol. The molecule has 0 fully saturated rings. The molecule has 0 saturated carbocycles. The number of nitrogens with one attached hydrogen (secondary N) is 1. The van der Waals surface area contributed by atoms with E-state index in [-0.39, 0.29) is 17.6 Å². The molecule has 3 rings (SSSR count). The normalized spacial score (nSPS) is 17.7. The maximum atomic E-state index is 12.5. The van der Waals surface area contributed by atoms with Crippen molar-refractivity contribution in [3.8, 4) is 5.75 Å². The van der Waals surface area contributed by atoms with E-state index in [0.717, 1.165) is 40.5 Å². The highest BCUT2D eigenvalue weighted by molar-refractivity contribution is 7.99. The highest BCUT2D eigenvalue weighted by Gasteiger charge is 2.34. The van der Waals surface area contributed by atoms with Crippen molar-refractivity contribution in [3.05, 3.63) is 58.6 Å². The lowest BCUT2D eigenvalue weighted by Gasteiger charge is -2.38. The summed E-state index contributed by atoms with van der Waals surface area (Å²) in [6.07, 6.45) is 2.14. The Balaban J connectivity index is 1.52. The van der Waals surface area contributed by atoms with E-state index in [2.05, 4.69) is 44.3 Å². The summed E-state index contributed by atoms with van der Waals surface area (Å²) in [5, 5.41) is 3.95. The zero-order valence-electron chi connectivity index (χ0n) is 16.0. The van der Waals surface area contributed by atoms with Crippen molar-refractivity contribution >= 4 is 29.3 Å². The lowest BCUT2D eigenvalue weighted by atomic mass is 9.89. The molecule has 0 aliphatic carbocycles. The van der Waals surface area contributed by atoms with Crippen LogP contribution in [0.3, 0.4) is 0 Å². The number of benzene rings is 2. The van der Waals surface area contributed by atoms with E-state index in [1.54, 1.807) is 11.8 Å². The molecule has 0 bridgehead atoms. The molecule has 1 aliphatic rings. The van der Waals surface area contributed by atoms with Gasteiger partial charge >= 0.3 is 0 Å². The predicted molar refractivity (Wildman–Crippen MR) is 113 cm³/mol. The minimum absolute atomic E-state index is 0.000711. The van der Waals surface area contributed by atoms with Crippen molar-refractivity contribution in [1.82, 2.24) is 5.32 Å². The van der Waals surface area contributed by atoms with Gasteiger partial charge in [0.15, 0.2) is 0 Å². The molecule has 1 atom stereocenters. The maximum absolute atomic E-state index is 12.5. The van der Waals surface area contributed by atoms with Gasteiger partial charge in [-0.1, -0.05) is 23.7 Å². The van der Waals surface area contributed by atoms with E-state index in [1.165, 1.54) is 4.90 Å². The molecular formula is C22H26ClNO2S. The van der Waals surface area contributed by atoms with Crippen LogP contribution in [-0.4, -0.2) is 17.3 Å². The third kappa shape index (κ3) is 5.66. The lowest BCUT2D eigenvalue weighted by Crippen LogP contribution is -2.41. The van der Waals surface area contributed by atoms with E-state index >= 15 is 0 Å². The van der Waals surface area contributed by atoms with Gasteiger partial charge < -0.3 is 10.1 Å². The number of halogens is 1. The van der Waals surface area contributed by atoms with E-state index in [9.17, 15) is 4.79 Å².